The maximum Gasteiger partial charge on any atom is 0.269 e. The number of nitrogens with one attached hydrogen (secondary N) is 1. The van der Waals surface area contributed by atoms with E-state index in [2.05, 4.69) is 10.5 Å². The Bertz CT molecular complexity index is 508. The van der Waals surface area contributed by atoms with Crippen molar-refractivity contribution in [2.75, 3.05) is 12.0 Å². The summed E-state index contributed by atoms with van der Waals surface area (Å²) in [7, 11) is 0. The van der Waals surface area contributed by atoms with Crippen molar-refractivity contribution >= 4 is 17.6 Å². The first-order chi connectivity index (χ1) is 10.4. The number of nitrogens with zero attached hydrogens (tertiary/aromatic N) is 2. The minimum Gasteiger partial charge on any atom is -0.394 e. The molecule has 10 heteroatoms. The fourth-order valence-corrected chi connectivity index (χ4v) is 1.47. The number of rotatable bonds is 8. The van der Waals surface area contributed by atoms with E-state index >= 15 is 0 Å². The Morgan fingerprint density at radius 3 is 2.27 bits per heavy atom. The first-order valence-corrected chi connectivity index (χ1v) is 6.23. The lowest BCUT2D eigenvalue weighted by Gasteiger charge is -2.23. The molecule has 0 aliphatic rings. The fraction of sp³-hybridized carbons (Fsp3) is 0.417. The summed E-state index contributed by atoms with van der Waals surface area (Å²) in [6, 6.07) is 5.29. The highest BCUT2D eigenvalue weighted by Gasteiger charge is 2.29. The fourth-order valence-electron chi connectivity index (χ4n) is 1.47. The summed E-state index contributed by atoms with van der Waals surface area (Å²) in [4.78, 5) is 9.91. The smallest absolute Gasteiger partial charge is 0.269 e. The molecule has 0 spiro atoms. The maximum absolute atomic E-state index is 10.5. The van der Waals surface area contributed by atoms with Gasteiger partial charge in [0.15, 0.2) is 0 Å². The molecule has 1 aromatic rings. The monoisotopic (exact) mass is 315 g/mol. The summed E-state index contributed by atoms with van der Waals surface area (Å²) < 4.78 is 0. The van der Waals surface area contributed by atoms with E-state index in [9.17, 15) is 25.4 Å². The van der Waals surface area contributed by atoms with E-state index in [1.807, 2.05) is 0 Å². The van der Waals surface area contributed by atoms with Crippen molar-refractivity contribution in [3.63, 3.8) is 0 Å². The van der Waals surface area contributed by atoms with Gasteiger partial charge < -0.3 is 25.5 Å². The first-order valence-electron chi connectivity index (χ1n) is 6.23. The number of non-ortho nitro benzene ring substituents is 1. The largest absolute Gasteiger partial charge is 0.394 e. The van der Waals surface area contributed by atoms with Crippen molar-refractivity contribution in [1.82, 2.24) is 0 Å². The van der Waals surface area contributed by atoms with Gasteiger partial charge in [-0.05, 0) is 12.1 Å². The summed E-state index contributed by atoms with van der Waals surface area (Å²) in [6.45, 7) is -0.775. The molecule has 0 aromatic heterocycles. The van der Waals surface area contributed by atoms with E-state index in [4.69, 9.17) is 10.2 Å². The highest BCUT2D eigenvalue weighted by atomic mass is 16.6. The van der Waals surface area contributed by atoms with Crippen molar-refractivity contribution in [1.29, 1.82) is 0 Å². The lowest BCUT2D eigenvalue weighted by molar-refractivity contribution is -0.384. The van der Waals surface area contributed by atoms with Crippen molar-refractivity contribution in [2.24, 2.45) is 5.10 Å². The zero-order valence-electron chi connectivity index (χ0n) is 11.4. The molecule has 0 bridgehead atoms. The van der Waals surface area contributed by atoms with Gasteiger partial charge in [0.25, 0.3) is 5.69 Å². The Morgan fingerprint density at radius 1 is 1.18 bits per heavy atom. The molecule has 1 rings (SSSR count). The number of aliphatic hydroxyl groups excluding tert-OH is 5. The number of hydrazone groups is 1. The molecular weight excluding hydrogens is 298 g/mol. The molecular formula is C12H17N3O7. The second kappa shape index (κ2) is 8.36. The second-order valence-electron chi connectivity index (χ2n) is 4.42. The summed E-state index contributed by atoms with van der Waals surface area (Å²) in [6.07, 6.45) is -5.81. The SMILES string of the molecule is O=[N+]([O-])c1ccc(N/N=C/[C@@H](O)[C@H](O)[C@H](O)[C@H](O)CO)cc1. The summed E-state index contributed by atoms with van der Waals surface area (Å²) >= 11 is 0. The molecule has 0 fully saturated rings. The van der Waals surface area contributed by atoms with Gasteiger partial charge in [-0.3, -0.25) is 15.5 Å². The van der Waals surface area contributed by atoms with Gasteiger partial charge in [0, 0.05) is 12.1 Å². The lowest BCUT2D eigenvalue weighted by Crippen LogP contribution is -2.46. The Hall–Kier alpha value is -2.11. The van der Waals surface area contributed by atoms with Crippen LogP contribution in [0.2, 0.25) is 0 Å². The van der Waals surface area contributed by atoms with Gasteiger partial charge in [0.2, 0.25) is 0 Å². The zero-order chi connectivity index (χ0) is 16.7. The van der Waals surface area contributed by atoms with Crippen molar-refractivity contribution in [3.8, 4) is 0 Å². The molecule has 4 atom stereocenters. The average molecular weight is 315 g/mol. The molecule has 122 valence electrons. The van der Waals surface area contributed by atoms with Crippen LogP contribution >= 0.6 is 0 Å². The molecule has 0 saturated carbocycles. The average Bonchev–Trinajstić information content (AvgIpc) is 2.52. The lowest BCUT2D eigenvalue weighted by atomic mass is 10.0. The van der Waals surface area contributed by atoms with Crippen LogP contribution < -0.4 is 5.43 Å². The molecule has 0 amide bonds. The molecule has 0 aliphatic carbocycles. The van der Waals surface area contributed by atoms with Crippen LogP contribution in [0.3, 0.4) is 0 Å². The Morgan fingerprint density at radius 2 is 1.77 bits per heavy atom. The van der Waals surface area contributed by atoms with Crippen molar-refractivity contribution in [3.05, 3.63) is 34.4 Å². The second-order valence-corrected chi connectivity index (χ2v) is 4.42. The highest BCUT2D eigenvalue weighted by Crippen LogP contribution is 2.15. The topological polar surface area (TPSA) is 169 Å². The number of nitro benzene ring substituents is 1. The molecule has 0 heterocycles. The third kappa shape index (κ3) is 5.02. The Kier molecular flexibility index (Phi) is 6.82. The third-order valence-electron chi connectivity index (χ3n) is 2.78. The molecule has 0 aliphatic heterocycles. The molecule has 0 radical (unpaired) electrons. The molecule has 0 saturated heterocycles. The standard InChI is InChI=1S/C12H17N3O7/c16-6-10(18)12(20)11(19)9(17)5-13-14-7-1-3-8(4-2-7)15(21)22/h1-5,9-12,14,16-20H,6H2/b13-5+/t9-,10-,11+,12-/m1/s1. The van der Waals surface area contributed by atoms with Gasteiger partial charge in [0.1, 0.15) is 24.4 Å². The van der Waals surface area contributed by atoms with E-state index in [1.54, 1.807) is 0 Å². The van der Waals surface area contributed by atoms with Gasteiger partial charge in [0.05, 0.1) is 23.4 Å². The van der Waals surface area contributed by atoms with Crippen LogP contribution in [0.25, 0.3) is 0 Å². The van der Waals surface area contributed by atoms with Crippen LogP contribution in [-0.2, 0) is 0 Å². The number of nitro groups is 1. The number of benzene rings is 1. The van der Waals surface area contributed by atoms with Gasteiger partial charge in [-0.25, -0.2) is 0 Å². The molecule has 6 N–H and O–H groups in total. The van der Waals surface area contributed by atoms with Crippen LogP contribution in [-0.4, -0.2) is 67.7 Å². The number of anilines is 1. The number of aliphatic hydroxyl groups is 5. The van der Waals surface area contributed by atoms with Gasteiger partial charge in [-0.15, -0.1) is 0 Å². The summed E-state index contributed by atoms with van der Waals surface area (Å²) in [5.41, 5.74) is 2.77. The van der Waals surface area contributed by atoms with Crippen molar-refractivity contribution in [2.45, 2.75) is 24.4 Å². The van der Waals surface area contributed by atoms with Gasteiger partial charge >= 0.3 is 0 Å². The third-order valence-corrected chi connectivity index (χ3v) is 2.78. The minimum absolute atomic E-state index is 0.0916. The predicted molar refractivity (Wildman–Crippen MR) is 76.3 cm³/mol. The minimum atomic E-state index is -1.75. The van der Waals surface area contributed by atoms with Crippen LogP contribution in [0.5, 0.6) is 0 Å². The van der Waals surface area contributed by atoms with Gasteiger partial charge in [-0.1, -0.05) is 0 Å². The molecule has 22 heavy (non-hydrogen) atoms. The molecule has 0 unspecified atom stereocenters. The van der Waals surface area contributed by atoms with E-state index in [0.29, 0.717) is 5.69 Å². The van der Waals surface area contributed by atoms with Gasteiger partial charge in [-0.2, -0.15) is 5.10 Å². The normalized spacial score (nSPS) is 17.0. The van der Waals surface area contributed by atoms with Crippen LogP contribution in [0, 0.1) is 10.1 Å². The van der Waals surface area contributed by atoms with E-state index in [1.165, 1.54) is 24.3 Å². The summed E-state index contributed by atoms with van der Waals surface area (Å²) in [5.74, 6) is 0. The predicted octanol–water partition coefficient (Wildman–Crippen LogP) is -1.57. The van der Waals surface area contributed by atoms with Crippen molar-refractivity contribution < 1.29 is 30.5 Å². The highest BCUT2D eigenvalue weighted by molar-refractivity contribution is 5.65. The van der Waals surface area contributed by atoms with Crippen LogP contribution in [0.4, 0.5) is 11.4 Å². The Balaban J connectivity index is 2.55. The van der Waals surface area contributed by atoms with E-state index < -0.39 is 35.9 Å². The first kappa shape index (κ1) is 17.9. The Labute approximate surface area is 125 Å². The van der Waals surface area contributed by atoms with E-state index in [-0.39, 0.29) is 5.69 Å². The molecule has 1 aromatic carbocycles. The number of hydrogen-bond acceptors (Lipinski definition) is 9. The number of hydrogen-bond donors (Lipinski definition) is 6. The molecule has 10 nitrogen and oxygen atoms in total. The maximum atomic E-state index is 10.5. The quantitative estimate of drug-likeness (QED) is 0.190. The summed E-state index contributed by atoms with van der Waals surface area (Å²) in [5, 5.41) is 60.3. The van der Waals surface area contributed by atoms with Crippen LogP contribution in [0.1, 0.15) is 0 Å². The van der Waals surface area contributed by atoms with Crippen LogP contribution in [0.15, 0.2) is 29.4 Å². The van der Waals surface area contributed by atoms with E-state index in [0.717, 1.165) is 6.21 Å². The zero-order valence-corrected chi connectivity index (χ0v) is 11.4.